The number of rotatable bonds is 2. The van der Waals surface area contributed by atoms with Gasteiger partial charge in [-0.15, -0.1) is 0 Å². The van der Waals surface area contributed by atoms with E-state index in [1.165, 1.54) is 0 Å². The number of hydrogen-bond acceptors (Lipinski definition) is 4. The first-order valence-electron chi connectivity index (χ1n) is 10.7. The van der Waals surface area contributed by atoms with Gasteiger partial charge in [-0.05, 0) is 78.9 Å². The van der Waals surface area contributed by atoms with E-state index in [-0.39, 0.29) is 0 Å². The molecule has 0 aliphatic carbocycles. The Morgan fingerprint density at radius 3 is 2.09 bits per heavy atom. The van der Waals surface area contributed by atoms with Crippen molar-refractivity contribution in [1.29, 1.82) is 0 Å². The molecule has 0 aromatic heterocycles. The van der Waals surface area contributed by atoms with Gasteiger partial charge in [-0.3, -0.25) is 4.99 Å². The van der Waals surface area contributed by atoms with Crippen LogP contribution in [0.5, 0.6) is 0 Å². The molecule has 156 valence electrons. The molecule has 0 spiro atoms. The van der Waals surface area contributed by atoms with Crippen LogP contribution < -0.4 is 20.5 Å². The van der Waals surface area contributed by atoms with Gasteiger partial charge in [-0.25, -0.2) is 4.99 Å². The second-order valence-corrected chi connectivity index (χ2v) is 9.55. The Kier molecular flexibility index (Phi) is 4.37. The van der Waals surface area contributed by atoms with Gasteiger partial charge in [0.25, 0.3) is 0 Å². The number of fused-ring (bicyclic) bond motifs is 3. The van der Waals surface area contributed by atoms with Gasteiger partial charge >= 0.3 is 0 Å². The molecule has 4 nitrogen and oxygen atoms in total. The molecule has 32 heavy (non-hydrogen) atoms. The maximum Gasteiger partial charge on any atom is 0.131 e. The van der Waals surface area contributed by atoms with Crippen LogP contribution in [0.3, 0.4) is 0 Å². The number of halogens is 1. The molecule has 6 rings (SSSR count). The highest BCUT2D eigenvalue weighted by Gasteiger charge is 2.37. The predicted octanol–water partition coefficient (Wildman–Crippen LogP) is 6.53. The maximum atomic E-state index is 5.15. The summed E-state index contributed by atoms with van der Waals surface area (Å²) < 4.78 is 1.11. The highest BCUT2D eigenvalue weighted by molar-refractivity contribution is 14.1. The number of para-hydroxylation sites is 4. The molecule has 2 aliphatic heterocycles. The van der Waals surface area contributed by atoms with Crippen molar-refractivity contribution in [2.75, 3.05) is 9.80 Å². The van der Waals surface area contributed by atoms with Crippen LogP contribution in [0.15, 0.2) is 101 Å². The summed E-state index contributed by atoms with van der Waals surface area (Å²) in [6.07, 6.45) is 0. The van der Waals surface area contributed by atoms with E-state index in [4.69, 9.17) is 9.98 Å². The fourth-order valence-electron chi connectivity index (χ4n) is 4.67. The first-order valence-corrected chi connectivity index (χ1v) is 11.7. The van der Waals surface area contributed by atoms with E-state index < -0.39 is 5.66 Å². The van der Waals surface area contributed by atoms with Crippen LogP contribution >= 0.6 is 22.6 Å². The van der Waals surface area contributed by atoms with Gasteiger partial charge < -0.3 is 9.80 Å². The number of nitrogens with zero attached hydrogens (tertiary/aromatic N) is 4. The van der Waals surface area contributed by atoms with Crippen LogP contribution in [0.2, 0.25) is 0 Å². The number of hydrogen-bond donors (Lipinski definition) is 0. The molecule has 2 aliphatic rings. The van der Waals surface area contributed by atoms with E-state index in [0.717, 1.165) is 48.4 Å². The van der Waals surface area contributed by atoms with Gasteiger partial charge in [0.1, 0.15) is 11.0 Å². The highest BCUT2D eigenvalue weighted by atomic mass is 127. The van der Waals surface area contributed by atoms with E-state index in [0.29, 0.717) is 0 Å². The smallest absolute Gasteiger partial charge is 0.131 e. The molecule has 4 aromatic carbocycles. The summed E-state index contributed by atoms with van der Waals surface area (Å²) in [6.45, 7) is 4.33. The number of benzene rings is 4. The van der Waals surface area contributed by atoms with Crippen molar-refractivity contribution in [3.63, 3.8) is 0 Å². The normalized spacial score (nSPS) is 15.3. The lowest BCUT2D eigenvalue weighted by Gasteiger charge is -2.34. The minimum Gasteiger partial charge on any atom is -0.314 e. The summed E-state index contributed by atoms with van der Waals surface area (Å²) in [5.74, 6) is 0. The van der Waals surface area contributed by atoms with Gasteiger partial charge in [0.2, 0.25) is 0 Å². The molecular formula is C27H21IN4. The summed E-state index contributed by atoms with van der Waals surface area (Å²) in [4.78, 5) is 14.9. The number of anilines is 5. The molecule has 0 N–H and O–H groups in total. The molecule has 5 heteroatoms. The summed E-state index contributed by atoms with van der Waals surface area (Å²) in [5, 5.41) is 1.98. The minimum absolute atomic E-state index is 0.391. The molecule has 0 atom stereocenters. The molecule has 0 unspecified atom stereocenters. The fourth-order valence-corrected chi connectivity index (χ4v) is 5.59. The Hall–Kier alpha value is -3.19. The van der Waals surface area contributed by atoms with Gasteiger partial charge in [-0.2, -0.15) is 0 Å². The van der Waals surface area contributed by atoms with Crippen molar-refractivity contribution in [1.82, 2.24) is 0 Å². The Balaban J connectivity index is 1.68. The third-order valence-electron chi connectivity index (χ3n) is 5.96. The van der Waals surface area contributed by atoms with Gasteiger partial charge in [0.15, 0.2) is 0 Å². The van der Waals surface area contributed by atoms with E-state index in [1.54, 1.807) is 0 Å². The van der Waals surface area contributed by atoms with Crippen LogP contribution in [-0.4, -0.2) is 5.66 Å². The average Bonchev–Trinajstić information content (AvgIpc) is 3.09. The molecule has 0 saturated carbocycles. The molecule has 0 amide bonds. The zero-order valence-corrected chi connectivity index (χ0v) is 20.0. The van der Waals surface area contributed by atoms with Crippen molar-refractivity contribution in [3.05, 3.63) is 105 Å². The fraction of sp³-hybridized carbons (Fsp3) is 0.111. The lowest BCUT2D eigenvalue weighted by atomic mass is 10.1. The third kappa shape index (κ3) is 2.88. The quantitative estimate of drug-likeness (QED) is 0.244. The molecule has 0 radical (unpaired) electrons. The summed E-state index contributed by atoms with van der Waals surface area (Å²) in [5.41, 5.74) is 6.10. The Morgan fingerprint density at radius 1 is 0.750 bits per heavy atom. The van der Waals surface area contributed by atoms with E-state index >= 15 is 0 Å². The topological polar surface area (TPSA) is 31.2 Å². The molecule has 4 aromatic rings. The van der Waals surface area contributed by atoms with Gasteiger partial charge in [0.05, 0.1) is 31.7 Å². The Morgan fingerprint density at radius 2 is 1.38 bits per heavy atom. The first-order chi connectivity index (χ1) is 15.5. The molecular weight excluding hydrogens is 507 g/mol. The zero-order valence-electron chi connectivity index (χ0n) is 17.8. The SMILES string of the molecule is CC1(C)N=c2cc3c(c(I)c2N1c1ccccc1)=Nc1ccccc1N3c1ccccc1. The van der Waals surface area contributed by atoms with Crippen LogP contribution in [0.4, 0.5) is 34.1 Å². The van der Waals surface area contributed by atoms with Crippen molar-refractivity contribution in [2.45, 2.75) is 19.5 Å². The van der Waals surface area contributed by atoms with E-state index in [2.05, 4.69) is 119 Å². The summed E-state index contributed by atoms with van der Waals surface area (Å²) >= 11 is 2.45. The average molecular weight is 528 g/mol. The highest BCUT2D eigenvalue weighted by Crippen LogP contribution is 2.44. The van der Waals surface area contributed by atoms with E-state index in [1.807, 2.05) is 18.2 Å². The standard InChI is InChI=1S/C27H21IN4/c1-27(2)30-21-17-23-25(24(28)26(21)32(27)19-13-7-4-8-14-19)29-20-15-9-10-16-22(20)31(23)18-11-5-3-6-12-18/h3-17H,1-2H3. The Labute approximate surface area is 200 Å². The van der Waals surface area contributed by atoms with Crippen LogP contribution in [0.25, 0.3) is 0 Å². The van der Waals surface area contributed by atoms with Gasteiger partial charge in [-0.1, -0.05) is 48.5 Å². The first kappa shape index (κ1) is 19.5. The maximum absolute atomic E-state index is 5.15. The van der Waals surface area contributed by atoms with Crippen molar-refractivity contribution < 1.29 is 0 Å². The van der Waals surface area contributed by atoms with Crippen LogP contribution in [0.1, 0.15) is 13.8 Å². The summed E-state index contributed by atoms with van der Waals surface area (Å²) in [7, 11) is 0. The largest absolute Gasteiger partial charge is 0.314 e. The third-order valence-corrected chi connectivity index (χ3v) is 6.99. The van der Waals surface area contributed by atoms with Crippen molar-refractivity contribution >= 4 is 56.7 Å². The van der Waals surface area contributed by atoms with Crippen molar-refractivity contribution in [2.24, 2.45) is 9.98 Å². The van der Waals surface area contributed by atoms with Crippen LogP contribution in [-0.2, 0) is 0 Å². The molecule has 0 bridgehead atoms. The van der Waals surface area contributed by atoms with Crippen molar-refractivity contribution in [3.8, 4) is 0 Å². The lowest BCUT2D eigenvalue weighted by Crippen LogP contribution is -2.37. The second-order valence-electron chi connectivity index (χ2n) is 8.47. The van der Waals surface area contributed by atoms with Crippen LogP contribution in [0, 0.1) is 3.57 Å². The molecule has 2 heterocycles. The molecule has 0 fully saturated rings. The lowest BCUT2D eigenvalue weighted by molar-refractivity contribution is 0.544. The van der Waals surface area contributed by atoms with E-state index in [9.17, 15) is 0 Å². The monoisotopic (exact) mass is 528 g/mol. The van der Waals surface area contributed by atoms with Gasteiger partial charge in [0, 0.05) is 11.4 Å². The molecule has 0 saturated heterocycles. The Bertz CT molecular complexity index is 1460. The zero-order chi connectivity index (χ0) is 21.9. The second kappa shape index (κ2) is 7.17. The minimum atomic E-state index is -0.391. The summed E-state index contributed by atoms with van der Waals surface area (Å²) in [6, 6.07) is 31.5. The predicted molar refractivity (Wildman–Crippen MR) is 138 cm³/mol.